The molecule has 0 bridgehead atoms. The smallest absolute Gasteiger partial charge is 0.311 e. The minimum atomic E-state index is -0.677. The van der Waals surface area contributed by atoms with Crippen molar-refractivity contribution in [3.63, 3.8) is 0 Å². The first-order valence-electron chi connectivity index (χ1n) is 8.30. The van der Waals surface area contributed by atoms with Crippen LogP contribution >= 0.6 is 0 Å². The summed E-state index contributed by atoms with van der Waals surface area (Å²) >= 11 is 0. The summed E-state index contributed by atoms with van der Waals surface area (Å²) in [5.41, 5.74) is 1.55. The minimum absolute atomic E-state index is 0.0815. The molecule has 2 fully saturated rings. The highest BCUT2D eigenvalue weighted by atomic mass is 16.5. The molecular weight excluding hydrogens is 306 g/mol. The molecule has 2 atom stereocenters. The zero-order valence-corrected chi connectivity index (χ0v) is 13.5. The largest absolute Gasteiger partial charge is 0.481 e. The summed E-state index contributed by atoms with van der Waals surface area (Å²) in [5, 5.41) is 14.0. The van der Waals surface area contributed by atoms with Crippen molar-refractivity contribution in [2.24, 2.45) is 11.3 Å². The SMILES string of the molecule is O=C(O)[C@]12CCOC[C@H]1CN(Cc1cccc(-n3cccn3)c1)C2. The Balaban J connectivity index is 1.52. The lowest BCUT2D eigenvalue weighted by molar-refractivity contribution is -0.157. The first kappa shape index (κ1) is 15.4. The lowest BCUT2D eigenvalue weighted by Gasteiger charge is -2.34. The molecule has 3 heterocycles. The van der Waals surface area contributed by atoms with Gasteiger partial charge in [0.05, 0.1) is 17.7 Å². The van der Waals surface area contributed by atoms with Gasteiger partial charge in [0.15, 0.2) is 0 Å². The fraction of sp³-hybridized carbons (Fsp3) is 0.444. The van der Waals surface area contributed by atoms with Gasteiger partial charge in [0.25, 0.3) is 0 Å². The number of rotatable bonds is 4. The molecule has 1 aromatic carbocycles. The van der Waals surface area contributed by atoms with Gasteiger partial charge in [-0.05, 0) is 30.2 Å². The van der Waals surface area contributed by atoms with Crippen LogP contribution in [0.15, 0.2) is 42.7 Å². The van der Waals surface area contributed by atoms with Crippen molar-refractivity contribution in [3.8, 4) is 5.69 Å². The summed E-state index contributed by atoms with van der Waals surface area (Å²) in [5.74, 6) is -0.596. The number of carboxylic acids is 1. The second kappa shape index (κ2) is 6.03. The Hall–Kier alpha value is -2.18. The van der Waals surface area contributed by atoms with E-state index in [9.17, 15) is 9.90 Å². The van der Waals surface area contributed by atoms with Gasteiger partial charge in [-0.15, -0.1) is 0 Å². The molecule has 126 valence electrons. The van der Waals surface area contributed by atoms with E-state index in [1.807, 2.05) is 29.1 Å². The van der Waals surface area contributed by atoms with Gasteiger partial charge in [0, 0.05) is 44.6 Å². The highest BCUT2D eigenvalue weighted by Crippen LogP contribution is 2.42. The van der Waals surface area contributed by atoms with E-state index in [0.717, 1.165) is 18.8 Å². The molecule has 0 amide bonds. The summed E-state index contributed by atoms with van der Waals surface area (Å²) in [4.78, 5) is 14.1. The number of hydrogen-bond donors (Lipinski definition) is 1. The lowest BCUT2D eigenvalue weighted by Crippen LogP contribution is -2.44. The summed E-state index contributed by atoms with van der Waals surface area (Å²) in [6, 6.07) is 10.1. The number of aromatic nitrogens is 2. The van der Waals surface area contributed by atoms with Crippen LogP contribution in [0.4, 0.5) is 0 Å². The molecule has 1 N–H and O–H groups in total. The van der Waals surface area contributed by atoms with E-state index in [1.54, 1.807) is 6.20 Å². The second-order valence-electron chi connectivity index (χ2n) is 6.77. The average molecular weight is 327 g/mol. The van der Waals surface area contributed by atoms with Crippen LogP contribution in [0.2, 0.25) is 0 Å². The quantitative estimate of drug-likeness (QED) is 0.927. The minimum Gasteiger partial charge on any atom is -0.481 e. The number of carbonyl (C=O) groups is 1. The van der Waals surface area contributed by atoms with Crippen molar-refractivity contribution in [1.82, 2.24) is 14.7 Å². The number of nitrogens with zero attached hydrogens (tertiary/aromatic N) is 3. The predicted molar refractivity (Wildman–Crippen MR) is 87.8 cm³/mol. The van der Waals surface area contributed by atoms with Crippen LogP contribution in [0.5, 0.6) is 0 Å². The van der Waals surface area contributed by atoms with E-state index in [0.29, 0.717) is 26.2 Å². The molecule has 0 aliphatic carbocycles. The van der Waals surface area contributed by atoms with Crippen molar-refractivity contribution in [1.29, 1.82) is 0 Å². The van der Waals surface area contributed by atoms with E-state index >= 15 is 0 Å². The number of ether oxygens (including phenoxy) is 1. The average Bonchev–Trinajstić information content (AvgIpc) is 3.23. The first-order valence-corrected chi connectivity index (χ1v) is 8.30. The van der Waals surface area contributed by atoms with Gasteiger partial charge >= 0.3 is 5.97 Å². The summed E-state index contributed by atoms with van der Waals surface area (Å²) in [6.45, 7) is 3.23. The van der Waals surface area contributed by atoms with E-state index in [-0.39, 0.29) is 5.92 Å². The van der Waals surface area contributed by atoms with E-state index < -0.39 is 11.4 Å². The van der Waals surface area contributed by atoms with Crippen molar-refractivity contribution in [2.45, 2.75) is 13.0 Å². The third kappa shape index (κ3) is 2.61. The van der Waals surface area contributed by atoms with Crippen LogP contribution in [-0.2, 0) is 16.1 Å². The number of likely N-dealkylation sites (tertiary alicyclic amines) is 1. The fourth-order valence-electron chi connectivity index (χ4n) is 4.00. The van der Waals surface area contributed by atoms with E-state index in [4.69, 9.17) is 4.74 Å². The molecule has 4 rings (SSSR count). The van der Waals surface area contributed by atoms with Crippen molar-refractivity contribution in [2.75, 3.05) is 26.3 Å². The predicted octanol–water partition coefficient (Wildman–Crippen LogP) is 1.80. The lowest BCUT2D eigenvalue weighted by atomic mass is 9.74. The van der Waals surface area contributed by atoms with Gasteiger partial charge in [-0.2, -0.15) is 5.10 Å². The third-order valence-electron chi connectivity index (χ3n) is 5.29. The molecule has 2 aromatic rings. The molecule has 2 saturated heterocycles. The van der Waals surface area contributed by atoms with Gasteiger partial charge in [-0.3, -0.25) is 9.69 Å². The highest BCUT2D eigenvalue weighted by molar-refractivity contribution is 5.76. The van der Waals surface area contributed by atoms with Crippen LogP contribution in [-0.4, -0.2) is 52.1 Å². The van der Waals surface area contributed by atoms with Gasteiger partial charge in [-0.25, -0.2) is 4.68 Å². The Morgan fingerprint density at radius 2 is 2.33 bits per heavy atom. The number of benzene rings is 1. The number of aliphatic carboxylic acids is 1. The van der Waals surface area contributed by atoms with Gasteiger partial charge in [0.1, 0.15) is 0 Å². The molecular formula is C18H21N3O3. The molecule has 0 saturated carbocycles. The Morgan fingerprint density at radius 3 is 3.08 bits per heavy atom. The maximum atomic E-state index is 11.9. The zero-order chi connectivity index (χ0) is 16.6. The van der Waals surface area contributed by atoms with Crippen LogP contribution < -0.4 is 0 Å². The summed E-state index contributed by atoms with van der Waals surface area (Å²) < 4.78 is 7.36. The van der Waals surface area contributed by atoms with E-state index in [2.05, 4.69) is 22.1 Å². The Kier molecular flexibility index (Phi) is 3.86. The highest BCUT2D eigenvalue weighted by Gasteiger charge is 2.53. The van der Waals surface area contributed by atoms with Gasteiger partial charge in [0.2, 0.25) is 0 Å². The first-order chi connectivity index (χ1) is 11.7. The molecule has 6 heteroatoms. The van der Waals surface area contributed by atoms with Gasteiger partial charge in [-0.1, -0.05) is 12.1 Å². The Labute approximate surface area is 140 Å². The number of fused-ring (bicyclic) bond motifs is 1. The maximum absolute atomic E-state index is 11.9. The molecule has 0 spiro atoms. The standard InChI is InChI=1S/C18H21N3O3/c22-17(23)18-5-8-24-12-15(18)11-20(13-18)10-14-3-1-4-16(9-14)21-7-2-6-19-21/h1-4,6-7,9,15H,5,8,10-13H2,(H,22,23)/t15-,18+/m1/s1. The van der Waals surface area contributed by atoms with Crippen molar-refractivity contribution in [3.05, 3.63) is 48.3 Å². The van der Waals surface area contributed by atoms with Crippen molar-refractivity contribution < 1.29 is 14.6 Å². The maximum Gasteiger partial charge on any atom is 0.311 e. The molecule has 1 aromatic heterocycles. The van der Waals surface area contributed by atoms with Crippen LogP contribution in [0, 0.1) is 11.3 Å². The van der Waals surface area contributed by atoms with Crippen LogP contribution in [0.1, 0.15) is 12.0 Å². The summed E-state index contributed by atoms with van der Waals surface area (Å²) in [7, 11) is 0. The Bertz CT molecular complexity index is 731. The normalized spacial score (nSPS) is 27.1. The molecule has 24 heavy (non-hydrogen) atoms. The summed E-state index contributed by atoms with van der Waals surface area (Å²) in [6.07, 6.45) is 4.28. The van der Waals surface area contributed by atoms with Crippen LogP contribution in [0.25, 0.3) is 5.69 Å². The molecule has 0 radical (unpaired) electrons. The molecule has 2 aliphatic heterocycles. The monoisotopic (exact) mass is 327 g/mol. The number of hydrogen-bond acceptors (Lipinski definition) is 4. The fourth-order valence-corrected chi connectivity index (χ4v) is 4.00. The van der Waals surface area contributed by atoms with E-state index in [1.165, 1.54) is 5.56 Å². The second-order valence-corrected chi connectivity index (χ2v) is 6.77. The topological polar surface area (TPSA) is 67.6 Å². The van der Waals surface area contributed by atoms with Crippen molar-refractivity contribution >= 4 is 5.97 Å². The van der Waals surface area contributed by atoms with Gasteiger partial charge < -0.3 is 9.84 Å². The number of carboxylic acid groups (broad SMARTS) is 1. The molecule has 6 nitrogen and oxygen atoms in total. The zero-order valence-electron chi connectivity index (χ0n) is 13.5. The molecule has 2 aliphatic rings. The molecule has 0 unspecified atom stereocenters. The van der Waals surface area contributed by atoms with Crippen LogP contribution in [0.3, 0.4) is 0 Å². The third-order valence-corrected chi connectivity index (χ3v) is 5.29. The Morgan fingerprint density at radius 1 is 1.42 bits per heavy atom.